The molecule has 0 aromatic rings. The number of alkyl halides is 1. The fourth-order valence-corrected chi connectivity index (χ4v) is 3.14. The van der Waals surface area contributed by atoms with Gasteiger partial charge in [-0.05, 0) is 25.2 Å². The Kier molecular flexibility index (Phi) is 3.70. The lowest BCUT2D eigenvalue weighted by Crippen LogP contribution is -2.38. The molecule has 0 aliphatic heterocycles. The number of carbonyl (C=O) groups excluding carboxylic acids is 1. The Balaban J connectivity index is 1.64. The van der Waals surface area contributed by atoms with Crippen LogP contribution in [0.2, 0.25) is 0 Å². The topological polar surface area (TPSA) is 29.1 Å². The van der Waals surface area contributed by atoms with Crippen LogP contribution < -0.4 is 5.32 Å². The Labute approximate surface area is 100 Å². The van der Waals surface area contributed by atoms with Gasteiger partial charge in [0.2, 0.25) is 5.91 Å². The predicted octanol–water partition coefficient (Wildman–Crippen LogP) is 3.00. The molecule has 1 N–H and O–H groups in total. The van der Waals surface area contributed by atoms with Crippen LogP contribution in [0.15, 0.2) is 0 Å². The van der Waals surface area contributed by atoms with Gasteiger partial charge in [-0.2, -0.15) is 0 Å². The van der Waals surface area contributed by atoms with Crippen molar-refractivity contribution in [3.63, 3.8) is 0 Å². The first-order chi connectivity index (χ1) is 7.24. The summed E-state index contributed by atoms with van der Waals surface area (Å²) in [6.07, 6.45) is 9.56. The van der Waals surface area contributed by atoms with Gasteiger partial charge in [-0.15, -0.1) is 0 Å². The molecule has 0 bridgehead atoms. The molecule has 2 aliphatic carbocycles. The minimum atomic E-state index is 0.132. The third-order valence-electron chi connectivity index (χ3n) is 3.77. The first-order valence-electron chi connectivity index (χ1n) is 6.11. The highest BCUT2D eigenvalue weighted by molar-refractivity contribution is 9.09. The van der Waals surface area contributed by atoms with E-state index >= 15 is 0 Å². The van der Waals surface area contributed by atoms with E-state index in [4.69, 9.17) is 0 Å². The van der Waals surface area contributed by atoms with Gasteiger partial charge >= 0.3 is 0 Å². The Hall–Kier alpha value is -0.0500. The summed E-state index contributed by atoms with van der Waals surface area (Å²) >= 11 is 3.46. The minimum absolute atomic E-state index is 0.132. The van der Waals surface area contributed by atoms with E-state index in [1.54, 1.807) is 0 Å². The van der Waals surface area contributed by atoms with Gasteiger partial charge in [-0.1, -0.05) is 41.6 Å². The zero-order valence-electron chi connectivity index (χ0n) is 9.23. The van der Waals surface area contributed by atoms with Crippen LogP contribution in [0, 0.1) is 5.92 Å². The zero-order valence-corrected chi connectivity index (χ0v) is 10.8. The van der Waals surface area contributed by atoms with Gasteiger partial charge in [-0.3, -0.25) is 4.79 Å². The summed E-state index contributed by atoms with van der Waals surface area (Å²) in [5.74, 6) is 1.09. The van der Waals surface area contributed by atoms with E-state index in [9.17, 15) is 4.79 Å². The molecule has 2 rings (SSSR count). The van der Waals surface area contributed by atoms with Crippen LogP contribution in [-0.4, -0.2) is 16.8 Å². The van der Waals surface area contributed by atoms with E-state index in [0.29, 0.717) is 0 Å². The molecular formula is C12H20BrNO. The zero-order chi connectivity index (χ0) is 10.7. The molecule has 0 atom stereocenters. The first kappa shape index (κ1) is 11.4. The van der Waals surface area contributed by atoms with E-state index in [1.807, 2.05) is 0 Å². The molecule has 1 amide bonds. The lowest BCUT2D eigenvalue weighted by Gasteiger charge is -2.15. The summed E-state index contributed by atoms with van der Waals surface area (Å²) in [6.45, 7) is 0. The van der Waals surface area contributed by atoms with Gasteiger partial charge in [-0.25, -0.2) is 0 Å². The molecular weight excluding hydrogens is 254 g/mol. The average molecular weight is 274 g/mol. The predicted molar refractivity (Wildman–Crippen MR) is 65.1 cm³/mol. The molecule has 0 radical (unpaired) electrons. The fourth-order valence-electron chi connectivity index (χ4n) is 2.44. The van der Waals surface area contributed by atoms with Crippen LogP contribution in [0.25, 0.3) is 0 Å². The smallest absolute Gasteiger partial charge is 0.220 e. The SMILES string of the molecule is O=C(CCC1CCCC1)NC1(CBr)CC1. The second-order valence-electron chi connectivity index (χ2n) is 5.15. The van der Waals surface area contributed by atoms with E-state index in [-0.39, 0.29) is 11.4 Å². The number of rotatable bonds is 5. The van der Waals surface area contributed by atoms with Crippen LogP contribution >= 0.6 is 15.9 Å². The van der Waals surface area contributed by atoms with Gasteiger partial charge in [0.1, 0.15) is 0 Å². The molecule has 0 spiro atoms. The summed E-state index contributed by atoms with van der Waals surface area (Å²) in [6, 6.07) is 0. The molecule has 0 aromatic heterocycles. The highest BCUT2D eigenvalue weighted by Gasteiger charge is 2.42. The van der Waals surface area contributed by atoms with Gasteiger partial charge in [0, 0.05) is 17.3 Å². The van der Waals surface area contributed by atoms with Crippen LogP contribution in [-0.2, 0) is 4.79 Å². The number of hydrogen-bond donors (Lipinski definition) is 1. The Morgan fingerprint density at radius 2 is 2.00 bits per heavy atom. The molecule has 0 aromatic carbocycles. The molecule has 86 valence electrons. The number of halogens is 1. The number of nitrogens with one attached hydrogen (secondary N) is 1. The largest absolute Gasteiger partial charge is 0.350 e. The molecule has 2 nitrogen and oxygen atoms in total. The van der Waals surface area contributed by atoms with Crippen molar-refractivity contribution in [1.82, 2.24) is 5.32 Å². The molecule has 0 heterocycles. The summed E-state index contributed by atoms with van der Waals surface area (Å²) in [5, 5.41) is 4.07. The van der Waals surface area contributed by atoms with Gasteiger partial charge < -0.3 is 5.32 Å². The summed E-state index contributed by atoms with van der Waals surface area (Å²) in [7, 11) is 0. The van der Waals surface area contributed by atoms with Crippen molar-refractivity contribution in [2.24, 2.45) is 5.92 Å². The van der Waals surface area contributed by atoms with Gasteiger partial charge in [0.15, 0.2) is 0 Å². The van der Waals surface area contributed by atoms with E-state index in [2.05, 4.69) is 21.2 Å². The maximum atomic E-state index is 11.7. The number of hydrogen-bond acceptors (Lipinski definition) is 1. The lowest BCUT2D eigenvalue weighted by molar-refractivity contribution is -0.122. The van der Waals surface area contributed by atoms with Crippen molar-refractivity contribution in [3.05, 3.63) is 0 Å². The molecule has 2 fully saturated rings. The second-order valence-corrected chi connectivity index (χ2v) is 5.71. The number of carbonyl (C=O) groups is 1. The van der Waals surface area contributed by atoms with Crippen molar-refractivity contribution in [2.45, 2.75) is 56.9 Å². The maximum Gasteiger partial charge on any atom is 0.220 e. The summed E-state index contributed by atoms with van der Waals surface area (Å²) < 4.78 is 0. The van der Waals surface area contributed by atoms with Crippen molar-refractivity contribution >= 4 is 21.8 Å². The average Bonchev–Trinajstić information content (AvgIpc) is 2.80. The maximum absolute atomic E-state index is 11.7. The van der Waals surface area contributed by atoms with E-state index in [1.165, 1.54) is 25.7 Å². The molecule has 0 saturated heterocycles. The summed E-state index contributed by atoms with van der Waals surface area (Å²) in [5.41, 5.74) is 0.132. The Bertz CT molecular complexity index is 232. The molecule has 0 unspecified atom stereocenters. The monoisotopic (exact) mass is 273 g/mol. The minimum Gasteiger partial charge on any atom is -0.350 e. The Morgan fingerprint density at radius 1 is 1.33 bits per heavy atom. The van der Waals surface area contributed by atoms with Crippen LogP contribution in [0.4, 0.5) is 0 Å². The van der Waals surface area contributed by atoms with Crippen molar-refractivity contribution in [2.75, 3.05) is 5.33 Å². The molecule has 15 heavy (non-hydrogen) atoms. The lowest BCUT2D eigenvalue weighted by atomic mass is 10.0. The van der Waals surface area contributed by atoms with Crippen molar-refractivity contribution in [3.8, 4) is 0 Å². The quantitative estimate of drug-likeness (QED) is 0.767. The molecule has 2 saturated carbocycles. The van der Waals surface area contributed by atoms with E-state index in [0.717, 1.165) is 36.9 Å². The van der Waals surface area contributed by atoms with Crippen molar-refractivity contribution in [1.29, 1.82) is 0 Å². The summed E-state index contributed by atoms with van der Waals surface area (Å²) in [4.78, 5) is 11.7. The normalized spacial score (nSPS) is 24.1. The standard InChI is InChI=1S/C12H20BrNO/c13-9-12(7-8-12)14-11(15)6-5-10-3-1-2-4-10/h10H,1-9H2,(H,14,15). The number of amides is 1. The van der Waals surface area contributed by atoms with Crippen LogP contribution in [0.1, 0.15) is 51.4 Å². The highest BCUT2D eigenvalue weighted by Crippen LogP contribution is 2.37. The molecule has 2 aliphatic rings. The van der Waals surface area contributed by atoms with Crippen LogP contribution in [0.5, 0.6) is 0 Å². The fraction of sp³-hybridized carbons (Fsp3) is 0.917. The second kappa shape index (κ2) is 4.86. The first-order valence-corrected chi connectivity index (χ1v) is 7.23. The van der Waals surface area contributed by atoms with Gasteiger partial charge in [0.05, 0.1) is 0 Å². The highest BCUT2D eigenvalue weighted by atomic mass is 79.9. The van der Waals surface area contributed by atoms with E-state index < -0.39 is 0 Å². The third kappa shape index (κ3) is 3.20. The van der Waals surface area contributed by atoms with Crippen LogP contribution in [0.3, 0.4) is 0 Å². The third-order valence-corrected chi connectivity index (χ3v) is 4.84. The Morgan fingerprint density at radius 3 is 2.53 bits per heavy atom. The van der Waals surface area contributed by atoms with Crippen molar-refractivity contribution < 1.29 is 4.79 Å². The van der Waals surface area contributed by atoms with Gasteiger partial charge in [0.25, 0.3) is 0 Å². The molecule has 3 heteroatoms.